The van der Waals surface area contributed by atoms with Crippen LogP contribution >= 0.6 is 0 Å². The maximum atomic E-state index is 13.7. The topological polar surface area (TPSA) is 75.4 Å². The Morgan fingerprint density at radius 2 is 2.17 bits per heavy atom. The summed E-state index contributed by atoms with van der Waals surface area (Å²) in [5.41, 5.74) is 6.23. The molecule has 0 aromatic heterocycles. The van der Waals surface area contributed by atoms with E-state index in [9.17, 15) is 14.0 Å². The summed E-state index contributed by atoms with van der Waals surface area (Å²) in [5, 5.41) is 2.82. The lowest BCUT2D eigenvalue weighted by molar-refractivity contribution is -0.121. The monoisotopic (exact) mass is 321 g/mol. The van der Waals surface area contributed by atoms with E-state index in [2.05, 4.69) is 5.32 Å². The Balaban J connectivity index is 2.06. The molecule has 2 rings (SSSR count). The van der Waals surface area contributed by atoms with E-state index in [1.54, 1.807) is 24.0 Å². The number of rotatable bonds is 5. The maximum Gasteiger partial charge on any atom is 0.254 e. The number of carbonyl (C=O) groups excluding carboxylic acids is 2. The Morgan fingerprint density at radius 1 is 1.39 bits per heavy atom. The third kappa shape index (κ3) is 4.51. The molecule has 1 heterocycles. The molecule has 0 spiro atoms. The highest BCUT2D eigenvalue weighted by atomic mass is 19.1. The summed E-state index contributed by atoms with van der Waals surface area (Å²) in [5.74, 6) is -0.658. The van der Waals surface area contributed by atoms with Crippen LogP contribution in [0.25, 0.3) is 0 Å². The number of hydrogen-bond donors (Lipinski definition) is 2. The molecule has 1 aromatic rings. The van der Waals surface area contributed by atoms with Crippen LogP contribution in [0.2, 0.25) is 0 Å². The summed E-state index contributed by atoms with van der Waals surface area (Å²) in [6.07, 6.45) is 3.06. The van der Waals surface area contributed by atoms with Gasteiger partial charge < -0.3 is 16.0 Å². The van der Waals surface area contributed by atoms with E-state index in [0.29, 0.717) is 30.8 Å². The van der Waals surface area contributed by atoms with Gasteiger partial charge in [-0.1, -0.05) is 6.07 Å². The van der Waals surface area contributed by atoms with Crippen LogP contribution in [-0.2, 0) is 4.79 Å². The van der Waals surface area contributed by atoms with Gasteiger partial charge in [-0.3, -0.25) is 9.59 Å². The zero-order valence-corrected chi connectivity index (χ0v) is 13.5. The SMILES string of the molecule is Cc1ccc(C(=O)N2CCCCC2CNC(=O)CCN)cc1F. The van der Waals surface area contributed by atoms with E-state index in [1.807, 2.05) is 0 Å². The largest absolute Gasteiger partial charge is 0.354 e. The molecule has 6 heteroatoms. The van der Waals surface area contributed by atoms with Gasteiger partial charge in [0.15, 0.2) is 0 Å². The zero-order valence-electron chi connectivity index (χ0n) is 13.5. The lowest BCUT2D eigenvalue weighted by Gasteiger charge is -2.36. The van der Waals surface area contributed by atoms with E-state index >= 15 is 0 Å². The summed E-state index contributed by atoms with van der Waals surface area (Å²) < 4.78 is 13.7. The molecule has 5 nitrogen and oxygen atoms in total. The van der Waals surface area contributed by atoms with Crippen LogP contribution in [-0.4, -0.2) is 42.4 Å². The molecule has 0 aliphatic carbocycles. The predicted molar refractivity (Wildman–Crippen MR) is 86.5 cm³/mol. The van der Waals surface area contributed by atoms with Crippen molar-refractivity contribution in [1.82, 2.24) is 10.2 Å². The number of hydrogen-bond acceptors (Lipinski definition) is 3. The second-order valence-corrected chi connectivity index (χ2v) is 5.95. The van der Waals surface area contributed by atoms with Crippen LogP contribution < -0.4 is 11.1 Å². The van der Waals surface area contributed by atoms with Gasteiger partial charge in [0.25, 0.3) is 5.91 Å². The average molecular weight is 321 g/mol. The molecule has 1 aromatic carbocycles. The van der Waals surface area contributed by atoms with E-state index < -0.39 is 0 Å². The number of nitrogens with two attached hydrogens (primary N) is 1. The van der Waals surface area contributed by atoms with Crippen LogP contribution in [0.4, 0.5) is 4.39 Å². The predicted octanol–water partition coefficient (Wildman–Crippen LogP) is 1.59. The Bertz CT molecular complexity index is 577. The van der Waals surface area contributed by atoms with Crippen molar-refractivity contribution in [1.29, 1.82) is 0 Å². The van der Waals surface area contributed by atoms with Crippen molar-refractivity contribution in [3.63, 3.8) is 0 Å². The highest BCUT2D eigenvalue weighted by molar-refractivity contribution is 5.94. The number of halogens is 1. The van der Waals surface area contributed by atoms with Gasteiger partial charge in [0.1, 0.15) is 5.82 Å². The molecule has 2 amide bonds. The minimum Gasteiger partial charge on any atom is -0.354 e. The molecule has 23 heavy (non-hydrogen) atoms. The van der Waals surface area contributed by atoms with Crippen LogP contribution in [0.1, 0.15) is 41.6 Å². The number of benzene rings is 1. The number of nitrogens with one attached hydrogen (secondary N) is 1. The summed E-state index contributed by atoms with van der Waals surface area (Å²) in [4.78, 5) is 26.0. The quantitative estimate of drug-likeness (QED) is 0.865. The first-order valence-electron chi connectivity index (χ1n) is 8.07. The van der Waals surface area contributed by atoms with Crippen molar-refractivity contribution < 1.29 is 14.0 Å². The molecule has 1 atom stereocenters. The van der Waals surface area contributed by atoms with Crippen LogP contribution in [0.15, 0.2) is 18.2 Å². The van der Waals surface area contributed by atoms with Crippen molar-refractivity contribution >= 4 is 11.8 Å². The molecule has 0 radical (unpaired) electrons. The number of piperidine rings is 1. The van der Waals surface area contributed by atoms with Gasteiger partial charge in [-0.25, -0.2) is 4.39 Å². The fourth-order valence-electron chi connectivity index (χ4n) is 2.82. The fourth-order valence-corrected chi connectivity index (χ4v) is 2.82. The third-order valence-corrected chi connectivity index (χ3v) is 4.21. The van der Waals surface area contributed by atoms with Crippen molar-refractivity contribution in [2.45, 2.75) is 38.6 Å². The second kappa shape index (κ2) is 8.06. The summed E-state index contributed by atoms with van der Waals surface area (Å²) >= 11 is 0. The molecule has 0 bridgehead atoms. The van der Waals surface area contributed by atoms with Gasteiger partial charge in [-0.15, -0.1) is 0 Å². The standard InChI is InChI=1S/C17H24FN3O2/c1-12-5-6-13(10-15(12)18)17(23)21-9-3-2-4-14(21)11-20-16(22)7-8-19/h5-6,10,14H,2-4,7-9,11,19H2,1H3,(H,20,22). The van der Waals surface area contributed by atoms with Crippen molar-refractivity contribution in [2.75, 3.05) is 19.6 Å². The van der Waals surface area contributed by atoms with Crippen LogP contribution in [0.3, 0.4) is 0 Å². The minimum absolute atomic E-state index is 0.0534. The number of aryl methyl sites for hydroxylation is 1. The number of nitrogens with zero attached hydrogens (tertiary/aromatic N) is 1. The van der Waals surface area contributed by atoms with Crippen LogP contribution in [0.5, 0.6) is 0 Å². The average Bonchev–Trinajstić information content (AvgIpc) is 2.55. The molecule has 1 aliphatic heterocycles. The molecule has 126 valence electrons. The molecular formula is C17H24FN3O2. The van der Waals surface area contributed by atoms with Gasteiger partial charge in [-0.2, -0.15) is 0 Å². The van der Waals surface area contributed by atoms with E-state index in [4.69, 9.17) is 5.73 Å². The van der Waals surface area contributed by atoms with Gasteiger partial charge in [0.2, 0.25) is 5.91 Å². The molecule has 3 N–H and O–H groups in total. The van der Waals surface area contributed by atoms with Crippen molar-refractivity contribution in [2.24, 2.45) is 5.73 Å². The van der Waals surface area contributed by atoms with E-state index in [-0.39, 0.29) is 30.1 Å². The van der Waals surface area contributed by atoms with E-state index in [0.717, 1.165) is 19.3 Å². The molecular weight excluding hydrogens is 297 g/mol. The summed E-state index contributed by atoms with van der Waals surface area (Å²) in [7, 11) is 0. The fraction of sp³-hybridized carbons (Fsp3) is 0.529. The Morgan fingerprint density at radius 3 is 2.87 bits per heavy atom. The van der Waals surface area contributed by atoms with Gasteiger partial charge in [0, 0.05) is 37.7 Å². The first-order valence-corrected chi connectivity index (χ1v) is 8.07. The lowest BCUT2D eigenvalue weighted by Crippen LogP contribution is -2.49. The lowest BCUT2D eigenvalue weighted by atomic mass is 10.00. The third-order valence-electron chi connectivity index (χ3n) is 4.21. The van der Waals surface area contributed by atoms with Gasteiger partial charge in [0.05, 0.1) is 0 Å². The highest BCUT2D eigenvalue weighted by Crippen LogP contribution is 2.20. The van der Waals surface area contributed by atoms with Crippen molar-refractivity contribution in [3.05, 3.63) is 35.1 Å². The normalized spacial score (nSPS) is 17.9. The second-order valence-electron chi connectivity index (χ2n) is 5.95. The zero-order chi connectivity index (χ0) is 16.8. The van der Waals surface area contributed by atoms with Crippen LogP contribution in [0, 0.1) is 12.7 Å². The van der Waals surface area contributed by atoms with Gasteiger partial charge in [-0.05, 0) is 43.9 Å². The Labute approximate surface area is 136 Å². The molecule has 1 aliphatic rings. The van der Waals surface area contributed by atoms with Gasteiger partial charge >= 0.3 is 0 Å². The molecule has 1 fully saturated rings. The molecule has 1 saturated heterocycles. The first kappa shape index (κ1) is 17.4. The van der Waals surface area contributed by atoms with E-state index in [1.165, 1.54) is 6.07 Å². The summed E-state index contributed by atoms with van der Waals surface area (Å²) in [6.45, 7) is 3.02. The number of carbonyl (C=O) groups is 2. The maximum absolute atomic E-state index is 13.7. The van der Waals surface area contributed by atoms with Crippen molar-refractivity contribution in [3.8, 4) is 0 Å². The summed E-state index contributed by atoms with van der Waals surface area (Å²) in [6, 6.07) is 4.50. The highest BCUT2D eigenvalue weighted by Gasteiger charge is 2.28. The number of amides is 2. The Hall–Kier alpha value is -1.95. The minimum atomic E-state index is -0.374. The smallest absolute Gasteiger partial charge is 0.254 e. The first-order chi connectivity index (χ1) is 11.0. The molecule has 0 saturated carbocycles. The Kier molecular flexibility index (Phi) is 6.10. The molecule has 1 unspecified atom stereocenters. The number of likely N-dealkylation sites (tertiary alicyclic amines) is 1.